The van der Waals surface area contributed by atoms with Crippen molar-refractivity contribution in [3.8, 4) is 0 Å². The zero-order valence-electron chi connectivity index (χ0n) is 14.9. The number of urea groups is 1. The summed E-state index contributed by atoms with van der Waals surface area (Å²) < 4.78 is 0. The molecule has 1 atom stereocenters. The molecule has 26 heavy (non-hydrogen) atoms. The molecular formula is C18H26N4O3S. The maximum atomic E-state index is 12.3. The standard InChI is InChI=1S/C18H26N4O3S/c1-12(17(24)22-18(25)21-13-7-3-2-4-8-13)20-14-9-5-6-10-15(14)26-11-16(19)23/h5-6,9-10,12-13,20H,2-4,7-8,11H2,1H3,(H2,19,23)(H2,21,22,24,25)/t12-/m0/s1. The molecule has 1 fully saturated rings. The number of carbonyl (C=O) groups is 3. The highest BCUT2D eigenvalue weighted by Crippen LogP contribution is 2.27. The molecule has 2 rings (SSSR count). The lowest BCUT2D eigenvalue weighted by Crippen LogP contribution is -2.49. The molecular weight excluding hydrogens is 352 g/mol. The van der Waals surface area contributed by atoms with E-state index in [-0.39, 0.29) is 11.8 Å². The van der Waals surface area contributed by atoms with Gasteiger partial charge in [-0.3, -0.25) is 14.9 Å². The van der Waals surface area contributed by atoms with Gasteiger partial charge in [0.2, 0.25) is 11.8 Å². The van der Waals surface area contributed by atoms with Crippen molar-refractivity contribution >= 4 is 35.3 Å². The molecule has 0 aromatic heterocycles. The number of anilines is 1. The van der Waals surface area contributed by atoms with Crippen LogP contribution in [-0.2, 0) is 9.59 Å². The van der Waals surface area contributed by atoms with E-state index in [1.807, 2.05) is 24.3 Å². The Kier molecular flexibility index (Phi) is 7.77. The van der Waals surface area contributed by atoms with E-state index in [0.717, 1.165) is 30.6 Å². The summed E-state index contributed by atoms with van der Waals surface area (Å²) in [5.74, 6) is -0.661. The van der Waals surface area contributed by atoms with E-state index < -0.39 is 23.9 Å². The number of rotatable bonds is 7. The Hall–Kier alpha value is -2.22. The molecule has 1 aliphatic carbocycles. The minimum Gasteiger partial charge on any atom is -0.373 e. The summed E-state index contributed by atoms with van der Waals surface area (Å²) in [5, 5.41) is 8.32. The van der Waals surface area contributed by atoms with E-state index >= 15 is 0 Å². The van der Waals surface area contributed by atoms with Gasteiger partial charge < -0.3 is 16.4 Å². The Balaban J connectivity index is 1.86. The molecule has 8 heteroatoms. The molecule has 0 unspecified atom stereocenters. The van der Waals surface area contributed by atoms with Gasteiger partial charge in [-0.2, -0.15) is 0 Å². The topological polar surface area (TPSA) is 113 Å². The largest absolute Gasteiger partial charge is 0.373 e. The fraction of sp³-hybridized carbons (Fsp3) is 0.500. The molecule has 4 amide bonds. The number of imide groups is 1. The molecule has 0 heterocycles. The molecule has 0 aliphatic heterocycles. The lowest BCUT2D eigenvalue weighted by atomic mass is 9.96. The van der Waals surface area contributed by atoms with Crippen LogP contribution in [0.3, 0.4) is 0 Å². The van der Waals surface area contributed by atoms with E-state index in [1.165, 1.54) is 18.2 Å². The molecule has 0 saturated heterocycles. The number of hydrogen-bond acceptors (Lipinski definition) is 5. The van der Waals surface area contributed by atoms with Gasteiger partial charge in [0.1, 0.15) is 6.04 Å². The first-order valence-electron chi connectivity index (χ1n) is 8.83. The van der Waals surface area contributed by atoms with Crippen molar-refractivity contribution in [2.24, 2.45) is 5.73 Å². The zero-order valence-corrected chi connectivity index (χ0v) is 15.7. The Labute approximate surface area is 157 Å². The van der Waals surface area contributed by atoms with Crippen molar-refractivity contribution in [3.05, 3.63) is 24.3 Å². The molecule has 1 aromatic rings. The first-order chi connectivity index (χ1) is 12.5. The van der Waals surface area contributed by atoms with Gasteiger partial charge in [-0.15, -0.1) is 11.8 Å². The quantitative estimate of drug-likeness (QED) is 0.543. The minimum absolute atomic E-state index is 0.144. The van der Waals surface area contributed by atoms with Crippen LogP contribution >= 0.6 is 11.8 Å². The SMILES string of the molecule is C[C@H](Nc1ccccc1SCC(N)=O)C(=O)NC(=O)NC1CCCCC1. The van der Waals surface area contributed by atoms with Gasteiger partial charge in [-0.1, -0.05) is 31.4 Å². The normalized spacial score (nSPS) is 15.7. The smallest absolute Gasteiger partial charge is 0.321 e. The maximum absolute atomic E-state index is 12.3. The number of hydrogen-bond donors (Lipinski definition) is 4. The summed E-state index contributed by atoms with van der Waals surface area (Å²) in [5.41, 5.74) is 5.90. The summed E-state index contributed by atoms with van der Waals surface area (Å²) in [6.45, 7) is 1.68. The Morgan fingerprint density at radius 1 is 1.19 bits per heavy atom. The van der Waals surface area contributed by atoms with Crippen LogP contribution in [0, 0.1) is 0 Å². The average Bonchev–Trinajstić information content (AvgIpc) is 2.61. The third-order valence-corrected chi connectivity index (χ3v) is 5.30. The summed E-state index contributed by atoms with van der Waals surface area (Å²) in [6.07, 6.45) is 5.33. The van der Waals surface area contributed by atoms with Crippen LogP contribution in [0.4, 0.5) is 10.5 Å². The minimum atomic E-state index is -0.609. The van der Waals surface area contributed by atoms with Gasteiger partial charge >= 0.3 is 6.03 Å². The Morgan fingerprint density at radius 3 is 2.58 bits per heavy atom. The second-order valence-electron chi connectivity index (χ2n) is 6.41. The molecule has 0 spiro atoms. The molecule has 1 saturated carbocycles. The van der Waals surface area contributed by atoms with Crippen molar-refractivity contribution in [1.29, 1.82) is 0 Å². The van der Waals surface area contributed by atoms with Crippen LogP contribution < -0.4 is 21.7 Å². The molecule has 5 N–H and O–H groups in total. The average molecular weight is 378 g/mol. The number of amides is 4. The number of nitrogens with one attached hydrogen (secondary N) is 3. The van der Waals surface area contributed by atoms with E-state index in [2.05, 4.69) is 16.0 Å². The number of carbonyl (C=O) groups excluding carboxylic acids is 3. The monoisotopic (exact) mass is 378 g/mol. The van der Waals surface area contributed by atoms with Gasteiger partial charge in [0.25, 0.3) is 0 Å². The highest BCUT2D eigenvalue weighted by atomic mass is 32.2. The lowest BCUT2D eigenvalue weighted by molar-refractivity contribution is -0.120. The van der Waals surface area contributed by atoms with Gasteiger partial charge in [-0.25, -0.2) is 4.79 Å². The summed E-state index contributed by atoms with van der Waals surface area (Å²) >= 11 is 1.30. The zero-order chi connectivity index (χ0) is 18.9. The van der Waals surface area contributed by atoms with Crippen LogP contribution in [0.2, 0.25) is 0 Å². The second-order valence-corrected chi connectivity index (χ2v) is 7.43. The first-order valence-corrected chi connectivity index (χ1v) is 9.82. The lowest BCUT2D eigenvalue weighted by Gasteiger charge is -2.23. The Morgan fingerprint density at radius 2 is 1.88 bits per heavy atom. The summed E-state index contributed by atoms with van der Waals surface area (Å²) in [7, 11) is 0. The van der Waals surface area contributed by atoms with E-state index in [1.54, 1.807) is 6.92 Å². The van der Waals surface area contributed by atoms with E-state index in [0.29, 0.717) is 5.69 Å². The van der Waals surface area contributed by atoms with Crippen molar-refractivity contribution in [2.45, 2.75) is 56.0 Å². The van der Waals surface area contributed by atoms with Crippen LogP contribution in [0.25, 0.3) is 0 Å². The van der Waals surface area contributed by atoms with E-state index in [9.17, 15) is 14.4 Å². The molecule has 1 aromatic carbocycles. The molecule has 0 bridgehead atoms. The maximum Gasteiger partial charge on any atom is 0.321 e. The van der Waals surface area contributed by atoms with Crippen molar-refractivity contribution in [3.63, 3.8) is 0 Å². The Bertz CT molecular complexity index is 647. The van der Waals surface area contributed by atoms with Gasteiger partial charge in [0, 0.05) is 16.6 Å². The van der Waals surface area contributed by atoms with Gasteiger partial charge in [-0.05, 0) is 31.9 Å². The fourth-order valence-corrected chi connectivity index (χ4v) is 3.60. The van der Waals surface area contributed by atoms with Gasteiger partial charge in [0.05, 0.1) is 5.75 Å². The summed E-state index contributed by atoms with van der Waals surface area (Å²) in [4.78, 5) is 36.0. The highest BCUT2D eigenvalue weighted by Gasteiger charge is 2.20. The number of thioether (sulfide) groups is 1. The highest BCUT2D eigenvalue weighted by molar-refractivity contribution is 8.00. The number of nitrogens with two attached hydrogens (primary N) is 1. The predicted molar refractivity (Wildman–Crippen MR) is 103 cm³/mol. The molecule has 142 valence electrons. The van der Waals surface area contributed by atoms with E-state index in [4.69, 9.17) is 5.73 Å². The number of benzene rings is 1. The third-order valence-electron chi connectivity index (χ3n) is 4.20. The number of para-hydroxylation sites is 1. The fourth-order valence-electron chi connectivity index (χ4n) is 2.85. The van der Waals surface area contributed by atoms with Crippen molar-refractivity contribution in [1.82, 2.24) is 10.6 Å². The molecule has 0 radical (unpaired) electrons. The first kappa shape index (κ1) is 20.1. The molecule has 7 nitrogen and oxygen atoms in total. The van der Waals surface area contributed by atoms with Crippen LogP contribution in [0.1, 0.15) is 39.0 Å². The number of primary amides is 1. The van der Waals surface area contributed by atoms with Crippen LogP contribution in [0.5, 0.6) is 0 Å². The van der Waals surface area contributed by atoms with Crippen molar-refractivity contribution < 1.29 is 14.4 Å². The van der Waals surface area contributed by atoms with Crippen molar-refractivity contribution in [2.75, 3.05) is 11.1 Å². The van der Waals surface area contributed by atoms with Gasteiger partial charge in [0.15, 0.2) is 0 Å². The third kappa shape index (κ3) is 6.59. The summed E-state index contributed by atoms with van der Waals surface area (Å²) in [6, 6.07) is 6.42. The van der Waals surface area contributed by atoms with Crippen LogP contribution in [0.15, 0.2) is 29.2 Å². The predicted octanol–water partition coefficient (Wildman–Crippen LogP) is 2.22. The second kappa shape index (κ2) is 10.1. The molecule has 1 aliphatic rings. The van der Waals surface area contributed by atoms with Crippen LogP contribution in [-0.4, -0.2) is 35.7 Å².